The number of carbonyl (C=O) groups excluding carboxylic acids is 2. The van der Waals surface area contributed by atoms with Gasteiger partial charge in [0, 0.05) is 12.3 Å². The van der Waals surface area contributed by atoms with Gasteiger partial charge in [-0.3, -0.25) is 19.1 Å². The summed E-state index contributed by atoms with van der Waals surface area (Å²) in [5.41, 5.74) is -0.565. The number of H-pyrrole nitrogens is 1. The predicted molar refractivity (Wildman–Crippen MR) is 163 cm³/mol. The highest BCUT2D eigenvalue weighted by molar-refractivity contribution is 6.32. The zero-order valence-electron chi connectivity index (χ0n) is 25.2. The number of methoxy groups -OCH3 is 3. The Labute approximate surface area is 263 Å². The number of benzene rings is 3. The zero-order chi connectivity index (χ0) is 32.8. The van der Waals surface area contributed by atoms with E-state index in [1.165, 1.54) is 6.20 Å². The van der Waals surface area contributed by atoms with Crippen molar-refractivity contribution in [1.82, 2.24) is 14.9 Å². The molecule has 0 saturated carbocycles. The molecule has 240 valence electrons. The van der Waals surface area contributed by atoms with Crippen molar-refractivity contribution in [1.29, 1.82) is 0 Å². The molecule has 46 heavy (non-hydrogen) atoms. The molecule has 1 aliphatic heterocycles. The van der Waals surface area contributed by atoms with Gasteiger partial charge < -0.3 is 34.1 Å². The van der Waals surface area contributed by atoms with Crippen LogP contribution in [-0.2, 0) is 29.4 Å². The summed E-state index contributed by atoms with van der Waals surface area (Å²) < 4.78 is 29.3. The fraction of sp³-hybridized carbons (Fsp3) is 0.273. The third-order valence-electron chi connectivity index (χ3n) is 7.80. The Hall–Kier alpha value is -5.24. The number of hydrogen-bond acceptors (Lipinski definition) is 10. The second-order valence-electron chi connectivity index (χ2n) is 10.4. The molecule has 0 bridgehead atoms. The fourth-order valence-electron chi connectivity index (χ4n) is 5.49. The Morgan fingerprint density at radius 3 is 1.96 bits per heavy atom. The van der Waals surface area contributed by atoms with Gasteiger partial charge in [0.1, 0.15) is 35.3 Å². The summed E-state index contributed by atoms with van der Waals surface area (Å²) in [5, 5.41) is 13.9. The minimum absolute atomic E-state index is 0.257. The van der Waals surface area contributed by atoms with Crippen LogP contribution in [0.1, 0.15) is 22.9 Å². The molecular formula is C33H33N3O10. The number of hydrogen-bond donors (Lipinski definition) is 3. The Kier molecular flexibility index (Phi) is 9.66. The largest absolute Gasteiger partial charge is 0.497 e. The van der Waals surface area contributed by atoms with Gasteiger partial charge in [0.25, 0.3) is 5.56 Å². The molecule has 4 atom stereocenters. The quantitative estimate of drug-likeness (QED) is 0.133. The third kappa shape index (κ3) is 6.29. The van der Waals surface area contributed by atoms with E-state index in [9.17, 15) is 24.3 Å². The minimum atomic E-state index is -1.47. The topological polar surface area (TPSA) is 167 Å². The molecule has 1 amide bonds. The predicted octanol–water partition coefficient (Wildman–Crippen LogP) is 1.48. The molecule has 1 aromatic heterocycles. The molecule has 3 N–H and O–H groups in total. The van der Waals surface area contributed by atoms with Crippen LogP contribution in [-0.4, -0.2) is 72.7 Å². The maximum atomic E-state index is 12.7. The number of nitrogens with zero attached hydrogens (tertiary/aromatic N) is 1. The van der Waals surface area contributed by atoms with Gasteiger partial charge >= 0.3 is 17.6 Å². The molecule has 0 aliphatic carbocycles. The van der Waals surface area contributed by atoms with Gasteiger partial charge in [-0.05, 0) is 41.0 Å². The minimum Gasteiger partial charge on any atom is -0.497 e. The van der Waals surface area contributed by atoms with E-state index in [2.05, 4.69) is 15.0 Å². The Morgan fingerprint density at radius 2 is 1.43 bits per heavy atom. The number of rotatable bonds is 10. The van der Waals surface area contributed by atoms with Crippen LogP contribution in [0, 0.1) is 0 Å². The molecule has 0 unspecified atom stereocenters. The molecule has 13 heteroatoms. The lowest BCUT2D eigenvalue weighted by atomic mass is 9.80. The number of aliphatic hydroxyl groups excluding tert-OH is 1. The van der Waals surface area contributed by atoms with Crippen molar-refractivity contribution in [3.8, 4) is 11.5 Å². The average molecular weight is 632 g/mol. The molecule has 3 aromatic carbocycles. The van der Waals surface area contributed by atoms with Crippen molar-refractivity contribution in [2.75, 3.05) is 27.9 Å². The smallest absolute Gasteiger partial charge is 0.396 e. The normalized spacial score (nSPS) is 19.3. The third-order valence-corrected chi connectivity index (χ3v) is 7.80. The fourth-order valence-corrected chi connectivity index (χ4v) is 5.49. The first-order valence-corrected chi connectivity index (χ1v) is 14.2. The van der Waals surface area contributed by atoms with E-state index in [-0.39, 0.29) is 6.61 Å². The molecule has 1 aliphatic rings. The number of aromatic nitrogens is 2. The molecule has 1 fully saturated rings. The van der Waals surface area contributed by atoms with E-state index in [0.29, 0.717) is 11.5 Å². The van der Waals surface area contributed by atoms with E-state index >= 15 is 0 Å². The van der Waals surface area contributed by atoms with Crippen molar-refractivity contribution in [2.24, 2.45) is 0 Å². The Balaban J connectivity index is 1.58. The SMILES string of the molecule is COC(=O)C(=O)N[C@@H]1[C@H](O)[C@@H](COC(c2ccccc2)(c2ccc(OC)cc2)c2ccc(OC)cc2)O[C@H]1n1ccc(=O)[nH]c1=O. The average Bonchev–Trinajstić information content (AvgIpc) is 3.39. The first-order chi connectivity index (χ1) is 22.2. The van der Waals surface area contributed by atoms with Crippen LogP contribution in [0.25, 0.3) is 0 Å². The van der Waals surface area contributed by atoms with Gasteiger partial charge in [-0.1, -0.05) is 54.6 Å². The van der Waals surface area contributed by atoms with Crippen LogP contribution in [0.5, 0.6) is 11.5 Å². The Bertz CT molecular complexity index is 1720. The lowest BCUT2D eigenvalue weighted by Gasteiger charge is -2.37. The highest BCUT2D eigenvalue weighted by Crippen LogP contribution is 2.42. The zero-order valence-corrected chi connectivity index (χ0v) is 25.2. The van der Waals surface area contributed by atoms with E-state index in [1.807, 2.05) is 54.6 Å². The number of carbonyl (C=O) groups is 2. The summed E-state index contributed by atoms with van der Waals surface area (Å²) in [7, 11) is 4.17. The number of ether oxygens (including phenoxy) is 5. The van der Waals surface area contributed by atoms with Crippen molar-refractivity contribution in [2.45, 2.75) is 30.1 Å². The number of nitrogens with one attached hydrogen (secondary N) is 2. The van der Waals surface area contributed by atoms with Crippen molar-refractivity contribution in [3.63, 3.8) is 0 Å². The summed E-state index contributed by atoms with van der Waals surface area (Å²) in [6.07, 6.45) is -2.76. The molecule has 5 rings (SSSR count). The first kappa shape index (κ1) is 32.2. The van der Waals surface area contributed by atoms with Crippen molar-refractivity contribution in [3.05, 3.63) is 129 Å². The molecular weight excluding hydrogens is 598 g/mol. The molecule has 13 nitrogen and oxygen atoms in total. The number of amides is 1. The van der Waals surface area contributed by atoms with Gasteiger partial charge in [0.05, 0.1) is 27.9 Å². The summed E-state index contributed by atoms with van der Waals surface area (Å²) in [4.78, 5) is 51.1. The standard InChI is InChI=1S/C33H33N3O10/c1-42-23-13-9-21(10-14-23)33(20-7-5-4-6-8-20,22-11-15-24(43-2)16-12-22)45-19-25-28(38)27(35-29(39)31(40)44-3)30(46-25)36-18-17-26(37)34-32(36)41/h4-18,25,27-28,30,38H,19H2,1-3H3,(H,35,39)(H,34,37,41)/t25-,27-,28-,30-/m1/s1. The highest BCUT2D eigenvalue weighted by Gasteiger charge is 2.48. The summed E-state index contributed by atoms with van der Waals surface area (Å²) in [6, 6.07) is 23.9. The highest BCUT2D eigenvalue weighted by atomic mass is 16.6. The monoisotopic (exact) mass is 631 g/mol. The maximum Gasteiger partial charge on any atom is 0.396 e. The molecule has 4 aromatic rings. The molecule has 0 spiro atoms. The van der Waals surface area contributed by atoms with Crippen LogP contribution in [0.2, 0.25) is 0 Å². The van der Waals surface area contributed by atoms with E-state index in [1.54, 1.807) is 38.5 Å². The summed E-state index contributed by atoms with van der Waals surface area (Å²) in [5.74, 6) is -1.10. The first-order valence-electron chi connectivity index (χ1n) is 14.2. The van der Waals surface area contributed by atoms with Gasteiger partial charge in [-0.25, -0.2) is 9.59 Å². The van der Waals surface area contributed by atoms with Crippen LogP contribution in [0.4, 0.5) is 0 Å². The molecule has 1 saturated heterocycles. The number of esters is 1. The van der Waals surface area contributed by atoms with E-state index < -0.39 is 53.2 Å². The van der Waals surface area contributed by atoms with E-state index in [0.717, 1.165) is 34.4 Å². The summed E-state index contributed by atoms with van der Waals surface area (Å²) in [6.45, 7) is -0.257. The lowest BCUT2D eigenvalue weighted by molar-refractivity contribution is -0.153. The van der Waals surface area contributed by atoms with Crippen molar-refractivity contribution >= 4 is 11.9 Å². The number of aliphatic hydroxyl groups is 1. The van der Waals surface area contributed by atoms with Crippen LogP contribution in [0.3, 0.4) is 0 Å². The molecule has 0 radical (unpaired) electrons. The van der Waals surface area contributed by atoms with Gasteiger partial charge in [-0.15, -0.1) is 0 Å². The molecule has 2 heterocycles. The second kappa shape index (κ2) is 13.8. The van der Waals surface area contributed by atoms with Gasteiger partial charge in [0.2, 0.25) is 0 Å². The summed E-state index contributed by atoms with van der Waals surface area (Å²) >= 11 is 0. The van der Waals surface area contributed by atoms with Gasteiger partial charge in [-0.2, -0.15) is 0 Å². The van der Waals surface area contributed by atoms with Crippen LogP contribution >= 0.6 is 0 Å². The van der Waals surface area contributed by atoms with Crippen LogP contribution < -0.4 is 26.0 Å². The second-order valence-corrected chi connectivity index (χ2v) is 10.4. The van der Waals surface area contributed by atoms with Gasteiger partial charge in [0.15, 0.2) is 6.23 Å². The van der Waals surface area contributed by atoms with E-state index in [4.69, 9.17) is 18.9 Å². The van der Waals surface area contributed by atoms with Crippen molar-refractivity contribution < 1.29 is 38.4 Å². The Morgan fingerprint density at radius 1 is 0.870 bits per heavy atom. The maximum absolute atomic E-state index is 12.7. The number of aromatic amines is 1. The van der Waals surface area contributed by atoms with Crippen LogP contribution in [0.15, 0.2) is 101 Å². The lowest BCUT2D eigenvalue weighted by Crippen LogP contribution is -2.50.